The lowest BCUT2D eigenvalue weighted by molar-refractivity contribution is -0.308. The van der Waals surface area contributed by atoms with Crippen LogP contribution in [0.5, 0.6) is 11.5 Å². The van der Waals surface area contributed by atoms with Crippen LogP contribution in [0, 0.1) is 0 Å². The zero-order chi connectivity index (χ0) is 33.5. The second-order valence-electron chi connectivity index (χ2n) is 12.5. The number of nitrogens with zero attached hydrogens (tertiary/aromatic N) is 1. The van der Waals surface area contributed by atoms with E-state index in [-0.39, 0.29) is 52.5 Å². The Bertz CT molecular complexity index is 1700. The molecule has 9 N–H and O–H groups in total. The van der Waals surface area contributed by atoms with Crippen molar-refractivity contribution in [3.05, 3.63) is 93.5 Å². The number of carbonyl (C=O) groups is 2. The van der Waals surface area contributed by atoms with E-state index in [2.05, 4.69) is 4.99 Å². The van der Waals surface area contributed by atoms with E-state index < -0.39 is 53.6 Å². The molecule has 0 spiro atoms. The fourth-order valence-electron chi connectivity index (χ4n) is 7.04. The summed E-state index contributed by atoms with van der Waals surface area (Å²) in [6, 6.07) is 15.8. The zero-order valence-corrected chi connectivity index (χ0v) is 25.7. The second kappa shape index (κ2) is 13.1. The number of carbonyl (C=O) groups excluding carboxylic acids is 2. The molecule has 0 radical (unpaired) electrons. The van der Waals surface area contributed by atoms with Gasteiger partial charge in [0.2, 0.25) is 6.29 Å². The molecule has 3 aromatic rings. The number of aliphatic imine (C=N–C) groups is 1. The number of ether oxygens (including phenoxy) is 2. The van der Waals surface area contributed by atoms with Crippen molar-refractivity contribution in [3.63, 3.8) is 0 Å². The normalized spacial score (nSPS) is 25.1. The lowest BCUT2D eigenvalue weighted by Gasteiger charge is -2.48. The number of fused-ring (bicyclic) bond motifs is 2. The molecule has 0 unspecified atom stereocenters. The molecule has 0 aromatic heterocycles. The van der Waals surface area contributed by atoms with Gasteiger partial charge < -0.3 is 46.5 Å². The molecule has 0 amide bonds. The van der Waals surface area contributed by atoms with Crippen molar-refractivity contribution in [2.45, 2.75) is 87.8 Å². The Balaban J connectivity index is 1.51. The summed E-state index contributed by atoms with van der Waals surface area (Å²) in [5, 5.41) is 56.0. The molecule has 5 atom stereocenters. The summed E-state index contributed by atoms with van der Waals surface area (Å²) in [6.45, 7) is -0.285. The first-order chi connectivity index (χ1) is 22.5. The van der Waals surface area contributed by atoms with Crippen LogP contribution >= 0.6 is 0 Å². The summed E-state index contributed by atoms with van der Waals surface area (Å²) in [4.78, 5) is 32.2. The number of phenols is 1. The third-order valence-electron chi connectivity index (χ3n) is 9.49. The molecule has 12 heteroatoms. The average Bonchev–Trinajstić information content (AvgIpc) is 3.07. The van der Waals surface area contributed by atoms with Gasteiger partial charge in [-0.3, -0.25) is 9.59 Å². The van der Waals surface area contributed by atoms with Gasteiger partial charge in [0.05, 0.1) is 17.7 Å². The smallest absolute Gasteiger partial charge is 0.229 e. The fourth-order valence-corrected chi connectivity index (χ4v) is 7.04. The van der Waals surface area contributed by atoms with Gasteiger partial charge in [0.15, 0.2) is 29.0 Å². The molecular weight excluding hydrogens is 606 g/mol. The van der Waals surface area contributed by atoms with E-state index in [1.54, 1.807) is 18.2 Å². The van der Waals surface area contributed by atoms with E-state index >= 15 is 0 Å². The van der Waals surface area contributed by atoms with Gasteiger partial charge in [-0.2, -0.15) is 0 Å². The van der Waals surface area contributed by atoms with Gasteiger partial charge >= 0.3 is 0 Å². The highest BCUT2D eigenvalue weighted by Gasteiger charge is 2.54. The second-order valence-corrected chi connectivity index (χ2v) is 12.5. The molecule has 1 aliphatic heterocycles. The number of hydrogen-bond acceptors (Lipinski definition) is 10. The van der Waals surface area contributed by atoms with Crippen LogP contribution in [-0.2, 0) is 24.1 Å². The summed E-state index contributed by atoms with van der Waals surface area (Å²) in [5.41, 5.74) is 11.3. The first-order valence-electron chi connectivity index (χ1n) is 15.8. The number of nitrogens with two attached hydrogens (primary N) is 2. The highest BCUT2D eigenvalue weighted by atomic mass is 16.7. The lowest BCUT2D eigenvalue weighted by atomic mass is 9.76. The molecule has 2 aliphatic carbocycles. The van der Waals surface area contributed by atoms with E-state index in [1.165, 1.54) is 6.07 Å². The van der Waals surface area contributed by atoms with Crippen molar-refractivity contribution in [2.24, 2.45) is 16.5 Å². The summed E-state index contributed by atoms with van der Waals surface area (Å²) in [6.07, 6.45) is -4.84. The number of phenolic OH excluding ortho intramolecular Hbond substituents is 1. The maximum Gasteiger partial charge on any atom is 0.229 e. The molecule has 3 aliphatic rings. The number of benzene rings is 3. The Hall–Kier alpha value is -4.33. The molecule has 2 fully saturated rings. The van der Waals surface area contributed by atoms with E-state index in [1.807, 2.05) is 30.3 Å². The van der Waals surface area contributed by atoms with Crippen LogP contribution in [0.4, 0.5) is 0 Å². The maximum absolute atomic E-state index is 14.1. The molecule has 1 saturated heterocycles. The minimum Gasteiger partial charge on any atom is -0.504 e. The molecule has 248 valence electrons. The lowest BCUT2D eigenvalue weighted by Crippen LogP contribution is -2.65. The fraction of sp³-hybridized carbons (Fsp3) is 0.400. The van der Waals surface area contributed by atoms with Gasteiger partial charge in [-0.05, 0) is 36.8 Å². The van der Waals surface area contributed by atoms with Crippen molar-refractivity contribution < 1.29 is 44.6 Å². The molecule has 1 saturated carbocycles. The van der Waals surface area contributed by atoms with Crippen molar-refractivity contribution >= 4 is 17.5 Å². The van der Waals surface area contributed by atoms with Gasteiger partial charge in [0.1, 0.15) is 24.4 Å². The van der Waals surface area contributed by atoms with Crippen LogP contribution in [-0.4, -0.2) is 79.4 Å². The van der Waals surface area contributed by atoms with Crippen LogP contribution < -0.4 is 16.2 Å². The third-order valence-corrected chi connectivity index (χ3v) is 9.49. The summed E-state index contributed by atoms with van der Waals surface area (Å²) in [5.74, 6) is -2.40. The Labute approximate surface area is 271 Å². The molecule has 3 aromatic carbocycles. The number of hydrogen-bond donors (Lipinski definition) is 7. The largest absolute Gasteiger partial charge is 0.504 e. The van der Waals surface area contributed by atoms with Crippen LogP contribution in [0.15, 0.2) is 59.6 Å². The predicted molar refractivity (Wildman–Crippen MR) is 170 cm³/mol. The SMILES string of the molecule is NC(N)=NCc1c(CCc2ccccc2)c2c(c(O)c1O[C@@H]1O[C@@H](C3(O)CCCCC3)[C@H](O)[C@@H](O)[C@@H]1O)C(=O)c1ccccc1C2=O. The van der Waals surface area contributed by atoms with Gasteiger partial charge in [-0.25, -0.2) is 4.99 Å². The van der Waals surface area contributed by atoms with Gasteiger partial charge in [-0.1, -0.05) is 73.9 Å². The quantitative estimate of drug-likeness (QED) is 0.108. The van der Waals surface area contributed by atoms with Crippen LogP contribution in [0.1, 0.15) is 80.6 Å². The number of guanidine groups is 1. The summed E-state index contributed by atoms with van der Waals surface area (Å²) >= 11 is 0. The van der Waals surface area contributed by atoms with Crippen LogP contribution in [0.25, 0.3) is 0 Å². The first kappa shape index (κ1) is 32.6. The predicted octanol–water partition coefficient (Wildman–Crippen LogP) is 1.61. The zero-order valence-electron chi connectivity index (χ0n) is 25.7. The Morgan fingerprint density at radius 3 is 2.09 bits per heavy atom. The van der Waals surface area contributed by atoms with Crippen LogP contribution in [0.2, 0.25) is 0 Å². The number of aliphatic hydroxyl groups excluding tert-OH is 3. The third kappa shape index (κ3) is 5.99. The average molecular weight is 646 g/mol. The maximum atomic E-state index is 14.1. The van der Waals surface area contributed by atoms with Crippen molar-refractivity contribution in [2.75, 3.05) is 0 Å². The minimum atomic E-state index is -1.83. The Morgan fingerprint density at radius 1 is 0.830 bits per heavy atom. The number of aromatic hydroxyl groups is 1. The van der Waals surface area contributed by atoms with E-state index in [9.17, 15) is 35.1 Å². The molecule has 1 heterocycles. The van der Waals surface area contributed by atoms with Gasteiger partial charge in [-0.15, -0.1) is 0 Å². The molecule has 0 bridgehead atoms. The summed E-state index contributed by atoms with van der Waals surface area (Å²) < 4.78 is 12.2. The minimum absolute atomic E-state index is 0.00904. The standard InChI is InChI=1S/C35H39N3O9/c36-34(37)38-17-22-19(14-13-18-9-3-1-4-10-18)23-24(26(40)21-12-6-5-11-20(21)25(23)39)27(41)31(22)46-33-30(44)28(42)29(43)32(47-33)35(45)15-7-2-8-16-35/h1,3-6,9-12,28-30,32-33,41-45H,2,7-8,13-17H2,(H4,36,37,38)/t28-,29-,30+,32-,33-/m1/s1. The van der Waals surface area contributed by atoms with Crippen molar-refractivity contribution in [3.8, 4) is 11.5 Å². The van der Waals surface area contributed by atoms with E-state index in [4.69, 9.17) is 20.9 Å². The van der Waals surface area contributed by atoms with Crippen molar-refractivity contribution in [1.29, 1.82) is 0 Å². The van der Waals surface area contributed by atoms with Gasteiger partial charge in [0, 0.05) is 22.3 Å². The van der Waals surface area contributed by atoms with E-state index in [0.717, 1.165) is 12.0 Å². The first-order valence-corrected chi connectivity index (χ1v) is 15.8. The molecule has 47 heavy (non-hydrogen) atoms. The van der Waals surface area contributed by atoms with Gasteiger partial charge in [0.25, 0.3) is 0 Å². The highest BCUT2D eigenvalue weighted by Crippen LogP contribution is 2.46. The molecule has 6 rings (SSSR count). The number of aryl methyl sites for hydroxylation is 1. The number of ketones is 2. The molecule has 12 nitrogen and oxygen atoms in total. The number of aliphatic hydroxyl groups is 4. The van der Waals surface area contributed by atoms with Crippen LogP contribution in [0.3, 0.4) is 0 Å². The van der Waals surface area contributed by atoms with E-state index in [0.29, 0.717) is 37.7 Å². The molecular formula is C35H39N3O9. The topological polar surface area (TPSA) is 218 Å². The van der Waals surface area contributed by atoms with Crippen molar-refractivity contribution in [1.82, 2.24) is 0 Å². The Morgan fingerprint density at radius 2 is 1.45 bits per heavy atom. The highest BCUT2D eigenvalue weighted by molar-refractivity contribution is 6.30. The monoisotopic (exact) mass is 645 g/mol. The Kier molecular flexibility index (Phi) is 9.05. The summed E-state index contributed by atoms with van der Waals surface area (Å²) in [7, 11) is 0. The number of rotatable bonds is 8.